The number of azo groups is 1. The Morgan fingerprint density at radius 1 is 0.963 bits per heavy atom. The Balaban J connectivity index is 2.31. The molecule has 0 amide bonds. The van der Waals surface area contributed by atoms with Crippen LogP contribution < -0.4 is 0 Å². The van der Waals surface area contributed by atoms with Crippen LogP contribution in [0.15, 0.2) is 46.6 Å². The fourth-order valence-corrected chi connectivity index (χ4v) is 2.77. The summed E-state index contributed by atoms with van der Waals surface area (Å²) in [7, 11) is 0. The molecule has 0 aromatic heterocycles. The highest BCUT2D eigenvalue weighted by Crippen LogP contribution is 2.39. The number of hydrogen-bond donors (Lipinski definition) is 1. The van der Waals surface area contributed by atoms with Gasteiger partial charge in [0, 0.05) is 12.1 Å². The van der Waals surface area contributed by atoms with E-state index in [9.17, 15) is 15.2 Å². The average Bonchev–Trinajstić information content (AvgIpc) is 2.54. The third kappa shape index (κ3) is 5.12. The molecule has 1 N–H and O–H groups in total. The van der Waals surface area contributed by atoms with E-state index in [0.717, 1.165) is 16.7 Å². The van der Waals surface area contributed by atoms with Crippen molar-refractivity contribution in [3.63, 3.8) is 0 Å². The van der Waals surface area contributed by atoms with E-state index < -0.39 is 4.92 Å². The highest BCUT2D eigenvalue weighted by Gasteiger charge is 2.26. The second-order valence-corrected chi connectivity index (χ2v) is 8.71. The van der Waals surface area contributed by atoms with E-state index in [4.69, 9.17) is 0 Å². The van der Waals surface area contributed by atoms with E-state index in [1.165, 1.54) is 12.1 Å². The fourth-order valence-electron chi connectivity index (χ4n) is 2.77. The van der Waals surface area contributed by atoms with Gasteiger partial charge in [0.2, 0.25) is 0 Å². The number of aromatic hydroxyl groups is 1. The van der Waals surface area contributed by atoms with Crippen molar-refractivity contribution >= 4 is 11.4 Å². The van der Waals surface area contributed by atoms with Crippen LogP contribution >= 0.6 is 0 Å². The summed E-state index contributed by atoms with van der Waals surface area (Å²) in [5, 5.41) is 29.8. The first-order chi connectivity index (χ1) is 12.4. The lowest BCUT2D eigenvalue weighted by atomic mass is 9.78. The molecule has 6 nitrogen and oxygen atoms in total. The number of phenols is 1. The van der Waals surface area contributed by atoms with Crippen molar-refractivity contribution in [3.8, 4) is 5.75 Å². The Bertz CT molecular complexity index is 823. The van der Waals surface area contributed by atoms with Gasteiger partial charge in [-0.05, 0) is 51.8 Å². The maximum Gasteiger partial charge on any atom is 0.269 e. The van der Waals surface area contributed by atoms with Crippen LogP contribution in [0, 0.1) is 10.1 Å². The highest BCUT2D eigenvalue weighted by atomic mass is 16.6. The number of nitrogens with zero attached hydrogens (tertiary/aromatic N) is 3. The molecule has 0 aliphatic carbocycles. The first-order valence-corrected chi connectivity index (χ1v) is 8.88. The van der Waals surface area contributed by atoms with Gasteiger partial charge in [-0.1, -0.05) is 41.5 Å². The van der Waals surface area contributed by atoms with Gasteiger partial charge in [0.1, 0.15) is 5.75 Å². The third-order valence-corrected chi connectivity index (χ3v) is 4.29. The lowest BCUT2D eigenvalue weighted by molar-refractivity contribution is -0.384. The number of hydrogen-bond acceptors (Lipinski definition) is 5. The van der Waals surface area contributed by atoms with Crippen molar-refractivity contribution in [1.82, 2.24) is 0 Å². The minimum Gasteiger partial charge on any atom is -0.507 e. The van der Waals surface area contributed by atoms with Gasteiger partial charge in [0.05, 0.1) is 17.2 Å². The number of rotatable bonds is 4. The minimum absolute atomic E-state index is 0.0251. The molecule has 27 heavy (non-hydrogen) atoms. The molecule has 6 heteroatoms. The summed E-state index contributed by atoms with van der Waals surface area (Å²) in [5.74, 6) is 0.339. The monoisotopic (exact) mass is 369 g/mol. The molecule has 0 radical (unpaired) electrons. The molecule has 0 heterocycles. The molecular weight excluding hydrogens is 342 g/mol. The van der Waals surface area contributed by atoms with Gasteiger partial charge in [-0.25, -0.2) is 0 Å². The second-order valence-electron chi connectivity index (χ2n) is 8.71. The SMILES string of the molecule is CC(C)(C)c1cc(CN=Nc2ccc([N+](=O)[O-])cc2)cc(C(C)(C)C)c1O. The van der Waals surface area contributed by atoms with Gasteiger partial charge in [-0.15, -0.1) is 0 Å². The van der Waals surface area contributed by atoms with Gasteiger partial charge < -0.3 is 5.11 Å². The van der Waals surface area contributed by atoms with Crippen molar-refractivity contribution in [2.24, 2.45) is 10.2 Å². The van der Waals surface area contributed by atoms with Crippen LogP contribution in [0.1, 0.15) is 58.2 Å². The summed E-state index contributed by atoms with van der Waals surface area (Å²) in [4.78, 5) is 10.3. The predicted molar refractivity (Wildman–Crippen MR) is 107 cm³/mol. The maximum atomic E-state index is 10.7. The van der Waals surface area contributed by atoms with Crippen molar-refractivity contribution in [2.75, 3.05) is 0 Å². The lowest BCUT2D eigenvalue weighted by Crippen LogP contribution is -2.17. The van der Waals surface area contributed by atoms with Gasteiger partial charge in [0.25, 0.3) is 5.69 Å². The minimum atomic E-state index is -0.445. The van der Waals surface area contributed by atoms with Crippen LogP contribution in [-0.2, 0) is 17.4 Å². The number of benzene rings is 2. The molecule has 2 aromatic rings. The smallest absolute Gasteiger partial charge is 0.269 e. The average molecular weight is 369 g/mol. The van der Waals surface area contributed by atoms with E-state index in [1.807, 2.05) is 12.1 Å². The molecule has 0 saturated heterocycles. The molecular formula is C21H27N3O3. The van der Waals surface area contributed by atoms with Crippen molar-refractivity contribution in [2.45, 2.75) is 58.9 Å². The Morgan fingerprint density at radius 2 is 1.44 bits per heavy atom. The van der Waals surface area contributed by atoms with E-state index in [-0.39, 0.29) is 16.5 Å². The van der Waals surface area contributed by atoms with Crippen LogP contribution in [0.2, 0.25) is 0 Å². The summed E-state index contributed by atoms with van der Waals surface area (Å²) in [6.07, 6.45) is 0. The lowest BCUT2D eigenvalue weighted by Gasteiger charge is -2.28. The Hall–Kier alpha value is -2.76. The van der Waals surface area contributed by atoms with Gasteiger partial charge in [-0.3, -0.25) is 10.1 Å². The molecule has 0 spiro atoms. The summed E-state index contributed by atoms with van der Waals surface area (Å²) < 4.78 is 0. The largest absolute Gasteiger partial charge is 0.507 e. The van der Waals surface area contributed by atoms with Crippen molar-refractivity contribution in [1.29, 1.82) is 0 Å². The predicted octanol–water partition coefficient (Wildman–Crippen LogP) is 6.18. The highest BCUT2D eigenvalue weighted by molar-refractivity contribution is 5.50. The molecule has 0 bridgehead atoms. The van der Waals surface area contributed by atoms with Crippen LogP contribution in [0.5, 0.6) is 5.75 Å². The normalized spacial score (nSPS) is 12.5. The number of non-ortho nitro benzene ring substituents is 1. The Morgan fingerprint density at radius 3 is 1.85 bits per heavy atom. The van der Waals surface area contributed by atoms with Crippen LogP contribution in [0.4, 0.5) is 11.4 Å². The third-order valence-electron chi connectivity index (χ3n) is 4.29. The van der Waals surface area contributed by atoms with E-state index >= 15 is 0 Å². The second kappa shape index (κ2) is 7.47. The Labute approximate surface area is 160 Å². The molecule has 0 fully saturated rings. The van der Waals surface area contributed by atoms with Crippen LogP contribution in [0.3, 0.4) is 0 Å². The van der Waals surface area contributed by atoms with E-state index in [2.05, 4.69) is 51.8 Å². The summed E-state index contributed by atoms with van der Waals surface area (Å²) >= 11 is 0. The summed E-state index contributed by atoms with van der Waals surface area (Å²) in [5.41, 5.74) is 2.92. The zero-order valence-electron chi connectivity index (χ0n) is 16.8. The molecule has 2 aromatic carbocycles. The molecule has 0 aliphatic heterocycles. The van der Waals surface area contributed by atoms with Gasteiger partial charge >= 0.3 is 0 Å². The zero-order chi connectivity index (χ0) is 20.4. The molecule has 0 aliphatic rings. The topological polar surface area (TPSA) is 88.1 Å². The van der Waals surface area contributed by atoms with Gasteiger partial charge in [0.15, 0.2) is 0 Å². The Kier molecular flexibility index (Phi) is 5.68. The fraction of sp³-hybridized carbons (Fsp3) is 0.429. The summed E-state index contributed by atoms with van der Waals surface area (Å²) in [6, 6.07) is 9.90. The number of phenolic OH excluding ortho intramolecular Hbond substituents is 1. The first-order valence-electron chi connectivity index (χ1n) is 8.88. The number of nitro benzene ring substituents is 1. The molecule has 0 saturated carbocycles. The molecule has 144 valence electrons. The molecule has 0 atom stereocenters. The maximum absolute atomic E-state index is 10.7. The molecule has 0 unspecified atom stereocenters. The van der Waals surface area contributed by atoms with Crippen molar-refractivity contribution < 1.29 is 10.0 Å². The number of nitro groups is 1. The van der Waals surface area contributed by atoms with Crippen LogP contribution in [-0.4, -0.2) is 10.0 Å². The first kappa shape index (κ1) is 20.6. The van der Waals surface area contributed by atoms with Crippen molar-refractivity contribution in [3.05, 3.63) is 63.2 Å². The summed E-state index contributed by atoms with van der Waals surface area (Å²) in [6.45, 7) is 12.8. The zero-order valence-corrected chi connectivity index (χ0v) is 16.8. The molecule has 2 rings (SSSR count). The standard InChI is InChI=1S/C21H27N3O3/c1-20(2,3)17-11-14(12-18(19(17)25)21(4,5)6)13-22-23-15-7-9-16(10-8-15)24(26)27/h7-12,25H,13H2,1-6H3. The van der Waals surface area contributed by atoms with E-state index in [0.29, 0.717) is 18.0 Å². The van der Waals surface area contributed by atoms with E-state index in [1.54, 1.807) is 12.1 Å². The quantitative estimate of drug-likeness (QED) is 0.396. The van der Waals surface area contributed by atoms with Gasteiger partial charge in [-0.2, -0.15) is 10.2 Å². The van der Waals surface area contributed by atoms with Crippen LogP contribution in [0.25, 0.3) is 0 Å².